The number of nitrogens with one attached hydrogen (secondary N) is 1. The molecular weight excluding hydrogens is 494 g/mol. The van der Waals surface area contributed by atoms with Gasteiger partial charge in [0.05, 0.1) is 10.6 Å². The summed E-state index contributed by atoms with van der Waals surface area (Å²) >= 11 is 1.58. The van der Waals surface area contributed by atoms with Crippen LogP contribution >= 0.6 is 11.8 Å². The molecule has 2 amide bonds. The van der Waals surface area contributed by atoms with Gasteiger partial charge in [-0.2, -0.15) is 4.31 Å². The van der Waals surface area contributed by atoms with Gasteiger partial charge >= 0.3 is 0 Å². The number of nitrogens with zero attached hydrogens (tertiary/aromatic N) is 2. The predicted molar refractivity (Wildman–Crippen MR) is 143 cm³/mol. The van der Waals surface area contributed by atoms with Crippen molar-refractivity contribution in [2.45, 2.75) is 30.7 Å². The molecule has 36 heavy (non-hydrogen) atoms. The molecule has 1 N–H and O–H groups in total. The Bertz CT molecular complexity index is 1310. The van der Waals surface area contributed by atoms with E-state index in [1.165, 1.54) is 16.4 Å². The van der Waals surface area contributed by atoms with Crippen LogP contribution in [-0.2, 0) is 21.4 Å². The van der Waals surface area contributed by atoms with Gasteiger partial charge in [0.2, 0.25) is 15.9 Å². The van der Waals surface area contributed by atoms with Gasteiger partial charge in [-0.25, -0.2) is 8.42 Å². The lowest BCUT2D eigenvalue weighted by Crippen LogP contribution is -2.30. The Balaban J connectivity index is 1.43. The molecule has 0 saturated carbocycles. The first-order chi connectivity index (χ1) is 17.3. The molecule has 0 aromatic heterocycles. The summed E-state index contributed by atoms with van der Waals surface area (Å²) in [4.78, 5) is 27.3. The summed E-state index contributed by atoms with van der Waals surface area (Å²) in [7, 11) is -3.55. The minimum atomic E-state index is -3.55. The molecule has 3 aromatic rings. The summed E-state index contributed by atoms with van der Waals surface area (Å²) in [5, 5.41) is 2.71. The smallest absolute Gasteiger partial charge is 0.255 e. The van der Waals surface area contributed by atoms with Crippen molar-refractivity contribution in [3.8, 4) is 0 Å². The summed E-state index contributed by atoms with van der Waals surface area (Å²) in [5.41, 5.74) is 3.02. The van der Waals surface area contributed by atoms with Gasteiger partial charge in [-0.05, 0) is 47.5 Å². The minimum absolute atomic E-state index is 0.0992. The van der Waals surface area contributed by atoms with Crippen LogP contribution in [0.25, 0.3) is 0 Å². The fourth-order valence-corrected chi connectivity index (χ4v) is 6.75. The van der Waals surface area contributed by atoms with Crippen molar-refractivity contribution in [3.63, 3.8) is 0 Å². The van der Waals surface area contributed by atoms with E-state index in [4.69, 9.17) is 0 Å². The summed E-state index contributed by atoms with van der Waals surface area (Å²) in [5.74, 6) is 0.235. The lowest BCUT2D eigenvalue weighted by Gasteiger charge is -2.24. The van der Waals surface area contributed by atoms with E-state index in [2.05, 4.69) is 5.32 Å². The lowest BCUT2D eigenvalue weighted by atomic mass is 10.1. The average molecular weight is 524 g/mol. The Labute approximate surface area is 216 Å². The van der Waals surface area contributed by atoms with Crippen LogP contribution in [0.1, 0.15) is 40.7 Å². The Hall–Kier alpha value is -3.14. The van der Waals surface area contributed by atoms with Gasteiger partial charge in [0, 0.05) is 30.9 Å². The van der Waals surface area contributed by atoms with Crippen LogP contribution in [0.15, 0.2) is 83.8 Å². The van der Waals surface area contributed by atoms with Crippen LogP contribution < -0.4 is 5.32 Å². The minimum Gasteiger partial charge on any atom is -0.322 e. The Kier molecular flexibility index (Phi) is 8.13. The van der Waals surface area contributed by atoms with Gasteiger partial charge in [0.15, 0.2) is 0 Å². The highest BCUT2D eigenvalue weighted by molar-refractivity contribution is 8.00. The number of thioether (sulfide) groups is 1. The van der Waals surface area contributed by atoms with E-state index in [1.54, 1.807) is 49.9 Å². The third-order valence-electron chi connectivity index (χ3n) is 6.08. The maximum Gasteiger partial charge on any atom is 0.255 e. The van der Waals surface area contributed by atoms with Crippen LogP contribution in [0.5, 0.6) is 0 Å². The number of carbonyl (C=O) groups excluding carboxylic acids is 2. The molecular formula is C27H29N3O4S2. The summed E-state index contributed by atoms with van der Waals surface area (Å²) in [6.45, 7) is 4.92. The number of hydrogen-bond donors (Lipinski definition) is 1. The molecule has 3 aromatic carbocycles. The van der Waals surface area contributed by atoms with E-state index in [1.807, 2.05) is 47.4 Å². The molecule has 0 bridgehead atoms. The highest BCUT2D eigenvalue weighted by Crippen LogP contribution is 2.39. The molecule has 1 saturated heterocycles. The lowest BCUT2D eigenvalue weighted by molar-refractivity contribution is -0.128. The number of carbonyl (C=O) groups is 2. The molecule has 9 heteroatoms. The van der Waals surface area contributed by atoms with E-state index in [-0.39, 0.29) is 22.1 Å². The molecule has 188 valence electrons. The van der Waals surface area contributed by atoms with Crippen molar-refractivity contribution in [1.82, 2.24) is 9.21 Å². The first-order valence-corrected chi connectivity index (χ1v) is 14.3. The molecule has 0 radical (unpaired) electrons. The van der Waals surface area contributed by atoms with E-state index in [0.717, 1.165) is 11.1 Å². The van der Waals surface area contributed by atoms with Gasteiger partial charge in [-0.1, -0.05) is 56.3 Å². The summed E-state index contributed by atoms with van der Waals surface area (Å²) in [6.07, 6.45) is 0. The van der Waals surface area contributed by atoms with Gasteiger partial charge in [0.25, 0.3) is 5.91 Å². The van der Waals surface area contributed by atoms with E-state index in [9.17, 15) is 18.0 Å². The van der Waals surface area contributed by atoms with Crippen molar-refractivity contribution >= 4 is 39.3 Å². The van der Waals surface area contributed by atoms with Crippen LogP contribution in [0.4, 0.5) is 5.69 Å². The molecule has 1 aliphatic heterocycles. The van der Waals surface area contributed by atoms with Gasteiger partial charge < -0.3 is 10.2 Å². The fourth-order valence-electron chi connectivity index (χ4n) is 4.11. The maximum absolute atomic E-state index is 12.8. The van der Waals surface area contributed by atoms with Gasteiger partial charge in [-0.3, -0.25) is 9.59 Å². The van der Waals surface area contributed by atoms with Crippen molar-refractivity contribution in [2.24, 2.45) is 0 Å². The predicted octanol–water partition coefficient (Wildman–Crippen LogP) is 4.74. The number of rotatable bonds is 9. The molecule has 1 atom stereocenters. The van der Waals surface area contributed by atoms with Crippen molar-refractivity contribution in [2.75, 3.05) is 24.2 Å². The SMILES string of the molecule is CCN(CC)S(=O)(=O)c1ccc(NC(=O)c2ccc([C@H]3SCC(=O)N3Cc3ccccc3)cc2)cc1. The number of amides is 2. The van der Waals surface area contributed by atoms with E-state index in [0.29, 0.717) is 36.6 Å². The zero-order valence-electron chi connectivity index (χ0n) is 20.3. The van der Waals surface area contributed by atoms with Crippen LogP contribution in [0.2, 0.25) is 0 Å². The van der Waals surface area contributed by atoms with Gasteiger partial charge in [0.1, 0.15) is 5.37 Å². The van der Waals surface area contributed by atoms with Crippen LogP contribution in [0, 0.1) is 0 Å². The monoisotopic (exact) mass is 523 g/mol. The number of hydrogen-bond acceptors (Lipinski definition) is 5. The van der Waals surface area contributed by atoms with Crippen molar-refractivity contribution in [3.05, 3.63) is 95.6 Å². The highest BCUT2D eigenvalue weighted by Gasteiger charge is 2.32. The van der Waals surface area contributed by atoms with Crippen LogP contribution in [-0.4, -0.2) is 48.3 Å². The van der Waals surface area contributed by atoms with E-state index >= 15 is 0 Å². The molecule has 0 aliphatic carbocycles. The molecule has 4 rings (SSSR count). The van der Waals surface area contributed by atoms with Crippen molar-refractivity contribution < 1.29 is 18.0 Å². The molecule has 0 unspecified atom stereocenters. The standard InChI is InChI=1S/C27H29N3O4S2/c1-3-29(4-2)36(33,34)24-16-14-23(15-17-24)28-26(32)21-10-12-22(13-11-21)27-30(25(31)19-35-27)18-20-8-6-5-7-9-20/h5-17,27H,3-4,18-19H2,1-2H3,(H,28,32)/t27-/m1/s1. The Morgan fingerprint density at radius 1 is 0.972 bits per heavy atom. The molecule has 1 heterocycles. The molecule has 7 nitrogen and oxygen atoms in total. The Morgan fingerprint density at radius 2 is 1.61 bits per heavy atom. The Morgan fingerprint density at radius 3 is 2.22 bits per heavy atom. The molecule has 1 fully saturated rings. The second kappa shape index (κ2) is 11.3. The fraction of sp³-hybridized carbons (Fsp3) is 0.259. The summed E-state index contributed by atoms with van der Waals surface area (Å²) in [6, 6.07) is 23.3. The van der Waals surface area contributed by atoms with Crippen LogP contribution in [0.3, 0.4) is 0 Å². The molecule has 0 spiro atoms. The molecule has 1 aliphatic rings. The normalized spacial score (nSPS) is 15.9. The third kappa shape index (κ3) is 5.64. The second-order valence-electron chi connectivity index (χ2n) is 8.36. The van der Waals surface area contributed by atoms with Crippen molar-refractivity contribution in [1.29, 1.82) is 0 Å². The zero-order chi connectivity index (χ0) is 25.7. The maximum atomic E-state index is 12.8. The van der Waals surface area contributed by atoms with E-state index < -0.39 is 10.0 Å². The largest absolute Gasteiger partial charge is 0.322 e. The number of anilines is 1. The highest BCUT2D eigenvalue weighted by atomic mass is 32.2. The number of sulfonamides is 1. The van der Waals surface area contributed by atoms with Gasteiger partial charge in [-0.15, -0.1) is 11.8 Å². The quantitative estimate of drug-likeness (QED) is 0.438. The number of benzene rings is 3. The third-order valence-corrected chi connectivity index (χ3v) is 9.40. The first-order valence-electron chi connectivity index (χ1n) is 11.8. The average Bonchev–Trinajstić information content (AvgIpc) is 3.25. The first kappa shape index (κ1) is 25.9. The zero-order valence-corrected chi connectivity index (χ0v) is 21.9. The second-order valence-corrected chi connectivity index (χ2v) is 11.4. The summed E-state index contributed by atoms with van der Waals surface area (Å²) < 4.78 is 26.7. The topological polar surface area (TPSA) is 86.8 Å².